The van der Waals surface area contributed by atoms with Gasteiger partial charge in [0.1, 0.15) is 0 Å². The molecule has 0 fully saturated rings. The maximum absolute atomic E-state index is 6.07. The zero-order valence-electron chi connectivity index (χ0n) is 8.38. The Balaban J connectivity index is 0.00000112. The average molecular weight is 241 g/mol. The number of halogens is 1. The lowest BCUT2D eigenvalue weighted by Gasteiger charge is -2.09. The first kappa shape index (κ1) is 12.2. The molecule has 15 heavy (non-hydrogen) atoms. The highest BCUT2D eigenvalue weighted by Crippen LogP contribution is 2.19. The molecular weight excluding hydrogens is 228 g/mol. The van der Waals surface area contributed by atoms with Crippen LogP contribution in [0.25, 0.3) is 0 Å². The summed E-state index contributed by atoms with van der Waals surface area (Å²) in [6, 6.07) is 7.88. The molecule has 0 aliphatic heterocycles. The molecule has 0 unspecified atom stereocenters. The van der Waals surface area contributed by atoms with Crippen LogP contribution in [0.4, 0.5) is 0 Å². The Morgan fingerprint density at radius 1 is 1.33 bits per heavy atom. The van der Waals surface area contributed by atoms with Crippen molar-refractivity contribution in [1.29, 1.82) is 0 Å². The minimum absolute atomic E-state index is 0. The van der Waals surface area contributed by atoms with Crippen LogP contribution in [-0.4, -0.2) is 4.98 Å². The molecule has 4 heteroatoms. The standard InChI is InChI=1S/C11H12N2S.ClH/c1-8-3-2-4-10(13-8)11(12)9-5-6-14-7-9;/h2-7,11H,12H2,1H3;1H/t11-;/m0./s1. The van der Waals surface area contributed by atoms with E-state index in [1.165, 1.54) is 0 Å². The normalized spacial score (nSPS) is 11.9. The quantitative estimate of drug-likeness (QED) is 0.877. The maximum atomic E-state index is 6.07. The number of thiophene rings is 1. The highest BCUT2D eigenvalue weighted by molar-refractivity contribution is 7.07. The number of nitrogens with zero attached hydrogens (tertiary/aromatic N) is 1. The first-order valence-corrected chi connectivity index (χ1v) is 5.43. The molecule has 0 radical (unpaired) electrons. The molecule has 2 aromatic rings. The van der Waals surface area contributed by atoms with E-state index in [9.17, 15) is 0 Å². The van der Waals surface area contributed by atoms with E-state index in [-0.39, 0.29) is 18.4 Å². The van der Waals surface area contributed by atoms with E-state index < -0.39 is 0 Å². The molecule has 0 spiro atoms. The van der Waals surface area contributed by atoms with Gasteiger partial charge >= 0.3 is 0 Å². The highest BCUT2D eigenvalue weighted by atomic mass is 35.5. The van der Waals surface area contributed by atoms with E-state index in [4.69, 9.17) is 5.73 Å². The van der Waals surface area contributed by atoms with Crippen LogP contribution >= 0.6 is 23.7 Å². The van der Waals surface area contributed by atoms with Crippen LogP contribution in [0.15, 0.2) is 35.0 Å². The van der Waals surface area contributed by atoms with Crippen molar-refractivity contribution in [3.05, 3.63) is 52.0 Å². The number of hydrogen-bond donors (Lipinski definition) is 1. The molecule has 2 nitrogen and oxygen atoms in total. The Morgan fingerprint density at radius 2 is 2.13 bits per heavy atom. The molecule has 2 aromatic heterocycles. The number of pyridine rings is 1. The Bertz CT molecular complexity index is 414. The number of rotatable bonds is 2. The van der Waals surface area contributed by atoms with Gasteiger partial charge < -0.3 is 5.73 Å². The lowest BCUT2D eigenvalue weighted by molar-refractivity contribution is 0.825. The van der Waals surface area contributed by atoms with Gasteiger partial charge in [-0.05, 0) is 41.4 Å². The van der Waals surface area contributed by atoms with Crippen molar-refractivity contribution in [2.24, 2.45) is 5.73 Å². The van der Waals surface area contributed by atoms with E-state index in [1.54, 1.807) is 11.3 Å². The molecule has 0 bridgehead atoms. The molecule has 0 saturated heterocycles. The van der Waals surface area contributed by atoms with Gasteiger partial charge in [-0.15, -0.1) is 12.4 Å². The van der Waals surface area contributed by atoms with Crippen molar-refractivity contribution < 1.29 is 0 Å². The molecule has 1 atom stereocenters. The number of aromatic nitrogens is 1. The molecule has 2 rings (SSSR count). The minimum Gasteiger partial charge on any atom is -0.319 e. The summed E-state index contributed by atoms with van der Waals surface area (Å²) in [6.07, 6.45) is 0. The largest absolute Gasteiger partial charge is 0.319 e. The van der Waals surface area contributed by atoms with Crippen LogP contribution in [0.1, 0.15) is 23.0 Å². The molecule has 80 valence electrons. The highest BCUT2D eigenvalue weighted by Gasteiger charge is 2.09. The zero-order valence-corrected chi connectivity index (χ0v) is 10.0. The van der Waals surface area contributed by atoms with E-state index in [2.05, 4.69) is 10.4 Å². The Kier molecular flexibility index (Phi) is 4.27. The third-order valence-corrected chi connectivity index (χ3v) is 2.83. The number of nitrogens with two attached hydrogens (primary N) is 1. The summed E-state index contributed by atoms with van der Waals surface area (Å²) in [6.45, 7) is 1.98. The third kappa shape index (κ3) is 2.78. The molecule has 0 saturated carbocycles. The second-order valence-corrected chi connectivity index (χ2v) is 4.02. The van der Waals surface area contributed by atoms with Gasteiger partial charge in [0.2, 0.25) is 0 Å². The van der Waals surface area contributed by atoms with Gasteiger partial charge in [-0.25, -0.2) is 0 Å². The van der Waals surface area contributed by atoms with Crippen LogP contribution in [0, 0.1) is 6.92 Å². The predicted molar refractivity (Wildman–Crippen MR) is 66.6 cm³/mol. The summed E-state index contributed by atoms with van der Waals surface area (Å²) in [7, 11) is 0. The van der Waals surface area contributed by atoms with Crippen molar-refractivity contribution in [3.8, 4) is 0 Å². The monoisotopic (exact) mass is 240 g/mol. The van der Waals surface area contributed by atoms with E-state index in [1.807, 2.05) is 36.6 Å². The Morgan fingerprint density at radius 3 is 2.73 bits per heavy atom. The minimum atomic E-state index is -0.0962. The summed E-state index contributed by atoms with van der Waals surface area (Å²) in [5.41, 5.74) is 9.15. The number of hydrogen-bond acceptors (Lipinski definition) is 3. The average Bonchev–Trinajstić information content (AvgIpc) is 2.69. The smallest absolute Gasteiger partial charge is 0.0734 e. The van der Waals surface area contributed by atoms with Crippen molar-refractivity contribution >= 4 is 23.7 Å². The fraction of sp³-hybridized carbons (Fsp3) is 0.182. The Hall–Kier alpha value is -0.900. The van der Waals surface area contributed by atoms with E-state index in [0.29, 0.717) is 0 Å². The lowest BCUT2D eigenvalue weighted by Crippen LogP contribution is -2.12. The zero-order chi connectivity index (χ0) is 9.97. The fourth-order valence-electron chi connectivity index (χ4n) is 1.36. The molecular formula is C11H13ClN2S. The Labute approximate surface area is 99.6 Å². The van der Waals surface area contributed by atoms with Crippen LogP contribution in [0.3, 0.4) is 0 Å². The van der Waals surface area contributed by atoms with Crippen LogP contribution in [0.5, 0.6) is 0 Å². The van der Waals surface area contributed by atoms with E-state index in [0.717, 1.165) is 17.0 Å². The van der Waals surface area contributed by atoms with E-state index >= 15 is 0 Å². The van der Waals surface area contributed by atoms with Crippen LogP contribution in [-0.2, 0) is 0 Å². The van der Waals surface area contributed by atoms with Crippen molar-refractivity contribution in [2.75, 3.05) is 0 Å². The summed E-state index contributed by atoms with van der Waals surface area (Å²) in [4.78, 5) is 4.41. The second-order valence-electron chi connectivity index (χ2n) is 3.24. The second kappa shape index (κ2) is 5.26. The molecule has 0 aromatic carbocycles. The molecule has 0 aliphatic rings. The van der Waals surface area contributed by atoms with Gasteiger partial charge in [0.25, 0.3) is 0 Å². The third-order valence-electron chi connectivity index (χ3n) is 2.13. The first-order valence-electron chi connectivity index (χ1n) is 4.48. The van der Waals surface area contributed by atoms with Crippen molar-refractivity contribution in [3.63, 3.8) is 0 Å². The summed E-state index contributed by atoms with van der Waals surface area (Å²) in [5, 5.41) is 4.10. The fourth-order valence-corrected chi connectivity index (χ4v) is 2.06. The first-order chi connectivity index (χ1) is 6.77. The SMILES string of the molecule is Cc1cccc([C@@H](N)c2ccsc2)n1.Cl. The van der Waals surface area contributed by atoms with Gasteiger partial charge in [-0.2, -0.15) is 11.3 Å². The van der Waals surface area contributed by atoms with Crippen LogP contribution < -0.4 is 5.73 Å². The van der Waals surface area contributed by atoms with Gasteiger partial charge in [-0.1, -0.05) is 6.07 Å². The molecule has 2 N–H and O–H groups in total. The summed E-state index contributed by atoms with van der Waals surface area (Å²) < 4.78 is 0. The van der Waals surface area contributed by atoms with Gasteiger partial charge in [-0.3, -0.25) is 4.98 Å². The molecule has 0 amide bonds. The molecule has 2 heterocycles. The van der Waals surface area contributed by atoms with Crippen molar-refractivity contribution in [2.45, 2.75) is 13.0 Å². The van der Waals surface area contributed by atoms with Gasteiger partial charge in [0.15, 0.2) is 0 Å². The van der Waals surface area contributed by atoms with Gasteiger partial charge in [0.05, 0.1) is 11.7 Å². The maximum Gasteiger partial charge on any atom is 0.0734 e. The van der Waals surface area contributed by atoms with Crippen LogP contribution in [0.2, 0.25) is 0 Å². The molecule has 0 aliphatic carbocycles. The topological polar surface area (TPSA) is 38.9 Å². The number of aryl methyl sites for hydroxylation is 1. The summed E-state index contributed by atoms with van der Waals surface area (Å²) >= 11 is 1.66. The van der Waals surface area contributed by atoms with Gasteiger partial charge in [0, 0.05) is 5.69 Å². The lowest BCUT2D eigenvalue weighted by atomic mass is 10.1. The van der Waals surface area contributed by atoms with Crippen molar-refractivity contribution in [1.82, 2.24) is 4.98 Å². The predicted octanol–water partition coefficient (Wildman–Crippen LogP) is 2.92. The summed E-state index contributed by atoms with van der Waals surface area (Å²) in [5.74, 6) is 0.